The number of pyridine rings is 1. The maximum Gasteiger partial charge on any atom is 0.339 e. The molecule has 1 aliphatic heterocycles. The molecule has 1 aliphatic carbocycles. The molecule has 3 aromatic rings. The minimum atomic E-state index is -2.50. The Hall–Kier alpha value is -3.69. The van der Waals surface area contributed by atoms with Crippen molar-refractivity contribution in [2.24, 2.45) is 5.41 Å². The molecule has 7 nitrogen and oxygen atoms in total. The van der Waals surface area contributed by atoms with Crippen LogP contribution < -0.4 is 15.0 Å². The number of piperazine rings is 1. The van der Waals surface area contributed by atoms with E-state index >= 15 is 0 Å². The lowest BCUT2D eigenvalue weighted by atomic mass is 9.72. The highest BCUT2D eigenvalue weighted by Gasteiger charge is 2.29. The second-order valence-corrected chi connectivity index (χ2v) is 12.4. The standard InChI is InChI=1S/C33H37ClF2N4O3/c1-33(2)12-11-23(28(18-33)22-3-5-24(34)6-4-22)21-39-13-15-40(16-14-39)25-7-9-27(32(41)42)29(17-25)43-26-8-10-31(37-19-26)38-20-30(35)36/h3-10,17,19,30H,11-16,18,20-21H2,1-2H3,(H,37,38)(H,41,42). The second-order valence-electron chi connectivity index (χ2n) is 11.9. The first-order valence-electron chi connectivity index (χ1n) is 14.5. The molecule has 1 fully saturated rings. The van der Waals surface area contributed by atoms with E-state index in [1.54, 1.807) is 18.2 Å². The quantitative estimate of drug-likeness (QED) is 0.244. The number of benzene rings is 2. The summed E-state index contributed by atoms with van der Waals surface area (Å²) < 4.78 is 30.8. The number of carbonyl (C=O) groups is 1. The fourth-order valence-corrected chi connectivity index (χ4v) is 5.85. The third-order valence-electron chi connectivity index (χ3n) is 8.13. The van der Waals surface area contributed by atoms with Gasteiger partial charge in [-0.15, -0.1) is 0 Å². The highest BCUT2D eigenvalue weighted by molar-refractivity contribution is 6.30. The van der Waals surface area contributed by atoms with Crippen LogP contribution in [0.25, 0.3) is 5.57 Å². The number of carboxylic acids is 1. The lowest BCUT2D eigenvalue weighted by Crippen LogP contribution is -2.47. The molecule has 43 heavy (non-hydrogen) atoms. The second kappa shape index (κ2) is 13.3. The Morgan fingerprint density at radius 2 is 1.84 bits per heavy atom. The third-order valence-corrected chi connectivity index (χ3v) is 8.38. The predicted molar refractivity (Wildman–Crippen MR) is 167 cm³/mol. The Kier molecular flexibility index (Phi) is 9.52. The van der Waals surface area contributed by atoms with Crippen LogP contribution in [0.1, 0.15) is 49.0 Å². The van der Waals surface area contributed by atoms with Gasteiger partial charge in [-0.3, -0.25) is 4.90 Å². The van der Waals surface area contributed by atoms with E-state index in [0.29, 0.717) is 5.75 Å². The predicted octanol–water partition coefficient (Wildman–Crippen LogP) is 7.69. The summed E-state index contributed by atoms with van der Waals surface area (Å²) in [6.45, 7) is 8.47. The number of rotatable bonds is 10. The zero-order valence-corrected chi connectivity index (χ0v) is 25.2. The van der Waals surface area contributed by atoms with E-state index in [2.05, 4.69) is 46.1 Å². The number of anilines is 2. The fourth-order valence-electron chi connectivity index (χ4n) is 5.72. The van der Waals surface area contributed by atoms with E-state index in [1.807, 2.05) is 18.2 Å². The highest BCUT2D eigenvalue weighted by atomic mass is 35.5. The molecule has 5 rings (SSSR count). The van der Waals surface area contributed by atoms with Gasteiger partial charge in [0.2, 0.25) is 0 Å². The monoisotopic (exact) mass is 610 g/mol. The molecule has 10 heteroatoms. The van der Waals surface area contributed by atoms with Crippen molar-refractivity contribution in [2.75, 3.05) is 49.5 Å². The molecular weight excluding hydrogens is 574 g/mol. The molecule has 0 unspecified atom stereocenters. The maximum absolute atomic E-state index is 12.5. The van der Waals surface area contributed by atoms with E-state index in [1.165, 1.54) is 35.4 Å². The Morgan fingerprint density at radius 1 is 1.09 bits per heavy atom. The summed E-state index contributed by atoms with van der Waals surface area (Å²) in [7, 11) is 0. The number of nitrogens with one attached hydrogen (secondary N) is 1. The zero-order valence-electron chi connectivity index (χ0n) is 24.5. The number of aromatic nitrogens is 1. The van der Waals surface area contributed by atoms with Crippen LogP contribution in [-0.2, 0) is 0 Å². The first-order chi connectivity index (χ1) is 20.6. The zero-order chi connectivity index (χ0) is 30.6. The SMILES string of the molecule is CC1(C)CCC(CN2CCN(c3ccc(C(=O)O)c(Oc4ccc(NCC(F)F)nc4)c3)CC2)=C(c2ccc(Cl)cc2)C1. The number of allylic oxidation sites excluding steroid dienone is 1. The molecule has 0 amide bonds. The summed E-state index contributed by atoms with van der Waals surface area (Å²) in [6, 6.07) is 16.4. The van der Waals surface area contributed by atoms with Crippen molar-refractivity contribution in [1.29, 1.82) is 0 Å². The number of carboxylic acid groups (broad SMARTS) is 1. The molecule has 228 valence electrons. The molecule has 0 saturated carbocycles. The summed E-state index contributed by atoms with van der Waals surface area (Å²) in [4.78, 5) is 20.7. The van der Waals surface area contributed by atoms with Crippen LogP contribution in [0.5, 0.6) is 11.5 Å². The van der Waals surface area contributed by atoms with Crippen LogP contribution in [0.4, 0.5) is 20.3 Å². The molecule has 2 aromatic carbocycles. The minimum Gasteiger partial charge on any atom is -0.478 e. The molecule has 1 aromatic heterocycles. The van der Waals surface area contributed by atoms with Gasteiger partial charge in [0, 0.05) is 49.5 Å². The van der Waals surface area contributed by atoms with Crippen LogP contribution in [0, 0.1) is 5.41 Å². The molecule has 0 spiro atoms. The Morgan fingerprint density at radius 3 is 2.49 bits per heavy atom. The van der Waals surface area contributed by atoms with Gasteiger partial charge in [-0.1, -0.05) is 43.2 Å². The Balaban J connectivity index is 1.26. The minimum absolute atomic E-state index is 0.0316. The molecule has 1 saturated heterocycles. The van der Waals surface area contributed by atoms with Gasteiger partial charge in [-0.25, -0.2) is 18.6 Å². The fraction of sp³-hybridized carbons (Fsp3) is 0.394. The Labute approximate surface area is 256 Å². The molecule has 2 heterocycles. The van der Waals surface area contributed by atoms with Gasteiger partial charge in [0.15, 0.2) is 0 Å². The summed E-state index contributed by atoms with van der Waals surface area (Å²) in [5, 5.41) is 13.0. The van der Waals surface area contributed by atoms with Crippen LogP contribution in [-0.4, -0.2) is 66.7 Å². The van der Waals surface area contributed by atoms with Gasteiger partial charge in [0.25, 0.3) is 6.43 Å². The smallest absolute Gasteiger partial charge is 0.339 e. The lowest BCUT2D eigenvalue weighted by molar-refractivity contribution is 0.0694. The van der Waals surface area contributed by atoms with Gasteiger partial charge in [-0.05, 0) is 72.2 Å². The van der Waals surface area contributed by atoms with Crippen molar-refractivity contribution >= 4 is 34.6 Å². The van der Waals surface area contributed by atoms with Crippen molar-refractivity contribution in [3.05, 3.63) is 82.5 Å². The molecule has 0 bridgehead atoms. The number of nitrogens with zero attached hydrogens (tertiary/aromatic N) is 3. The highest BCUT2D eigenvalue weighted by Crippen LogP contribution is 2.43. The van der Waals surface area contributed by atoms with Crippen LogP contribution in [0.3, 0.4) is 0 Å². The van der Waals surface area contributed by atoms with E-state index < -0.39 is 18.9 Å². The average Bonchev–Trinajstić information content (AvgIpc) is 2.98. The number of aromatic carboxylic acids is 1. The third kappa shape index (κ3) is 8.03. The van der Waals surface area contributed by atoms with Crippen molar-refractivity contribution in [3.63, 3.8) is 0 Å². The topological polar surface area (TPSA) is 77.9 Å². The van der Waals surface area contributed by atoms with E-state index in [4.69, 9.17) is 16.3 Å². The van der Waals surface area contributed by atoms with Gasteiger partial charge in [0.1, 0.15) is 22.9 Å². The largest absolute Gasteiger partial charge is 0.478 e. The van der Waals surface area contributed by atoms with Gasteiger partial charge in [-0.2, -0.15) is 0 Å². The van der Waals surface area contributed by atoms with E-state index in [-0.39, 0.29) is 22.5 Å². The molecule has 0 radical (unpaired) electrons. The summed E-state index contributed by atoms with van der Waals surface area (Å²) in [5.74, 6) is -0.307. The van der Waals surface area contributed by atoms with E-state index in [0.717, 1.165) is 56.3 Å². The first kappa shape index (κ1) is 30.8. The number of hydrogen-bond donors (Lipinski definition) is 2. The van der Waals surface area contributed by atoms with Crippen LogP contribution >= 0.6 is 11.6 Å². The normalized spacial score (nSPS) is 17.3. The van der Waals surface area contributed by atoms with Crippen molar-refractivity contribution in [3.8, 4) is 11.5 Å². The molecule has 2 aliphatic rings. The van der Waals surface area contributed by atoms with Gasteiger partial charge >= 0.3 is 5.97 Å². The molecule has 2 N–H and O–H groups in total. The molecular formula is C33H37ClF2N4O3. The van der Waals surface area contributed by atoms with Crippen LogP contribution in [0.2, 0.25) is 5.02 Å². The average molecular weight is 611 g/mol. The molecule has 0 atom stereocenters. The van der Waals surface area contributed by atoms with Crippen LogP contribution in [0.15, 0.2) is 66.4 Å². The van der Waals surface area contributed by atoms with Crippen molar-refractivity contribution in [2.45, 2.75) is 39.5 Å². The van der Waals surface area contributed by atoms with Gasteiger partial charge < -0.3 is 20.1 Å². The maximum atomic E-state index is 12.5. The van der Waals surface area contributed by atoms with E-state index in [9.17, 15) is 18.7 Å². The number of alkyl halides is 2. The lowest BCUT2D eigenvalue weighted by Gasteiger charge is -2.39. The van der Waals surface area contributed by atoms with Crippen molar-refractivity contribution in [1.82, 2.24) is 9.88 Å². The summed E-state index contributed by atoms with van der Waals surface area (Å²) in [6.07, 6.45) is 2.18. The number of halogens is 3. The van der Waals surface area contributed by atoms with Crippen molar-refractivity contribution < 1.29 is 23.4 Å². The summed E-state index contributed by atoms with van der Waals surface area (Å²) >= 11 is 6.17. The number of hydrogen-bond acceptors (Lipinski definition) is 6. The summed E-state index contributed by atoms with van der Waals surface area (Å²) in [5.41, 5.74) is 5.37. The Bertz CT molecular complexity index is 1450. The first-order valence-corrected chi connectivity index (χ1v) is 14.9. The van der Waals surface area contributed by atoms with Gasteiger partial charge in [0.05, 0.1) is 12.7 Å². The number of ether oxygens (including phenoxy) is 1.